The SMILES string of the molecule is CCN(CC)CCCNC(=O)[C@H]1c2ccccc2C(=O)N1Cc1ccc(C)cc1. The fourth-order valence-electron chi connectivity index (χ4n) is 3.86. The molecule has 0 saturated heterocycles. The van der Waals surface area contributed by atoms with Crippen molar-refractivity contribution in [2.24, 2.45) is 0 Å². The first kappa shape index (κ1) is 21.1. The molecule has 0 aliphatic carbocycles. The predicted molar refractivity (Wildman–Crippen MR) is 116 cm³/mol. The molecule has 0 bridgehead atoms. The van der Waals surface area contributed by atoms with Crippen LogP contribution in [0.1, 0.15) is 53.4 Å². The van der Waals surface area contributed by atoms with Crippen LogP contribution in [0.3, 0.4) is 0 Å². The monoisotopic (exact) mass is 393 g/mol. The van der Waals surface area contributed by atoms with Gasteiger partial charge < -0.3 is 15.1 Å². The van der Waals surface area contributed by atoms with Gasteiger partial charge in [-0.1, -0.05) is 61.9 Å². The van der Waals surface area contributed by atoms with Gasteiger partial charge in [-0.3, -0.25) is 9.59 Å². The summed E-state index contributed by atoms with van der Waals surface area (Å²) >= 11 is 0. The van der Waals surface area contributed by atoms with Crippen LogP contribution in [0.4, 0.5) is 0 Å². The summed E-state index contributed by atoms with van der Waals surface area (Å²) in [4.78, 5) is 30.1. The van der Waals surface area contributed by atoms with E-state index in [-0.39, 0.29) is 11.8 Å². The molecule has 5 heteroatoms. The molecule has 5 nitrogen and oxygen atoms in total. The summed E-state index contributed by atoms with van der Waals surface area (Å²) in [5.41, 5.74) is 3.62. The largest absolute Gasteiger partial charge is 0.354 e. The predicted octanol–water partition coefficient (Wildman–Crippen LogP) is 3.54. The Balaban J connectivity index is 1.72. The van der Waals surface area contributed by atoms with Crippen LogP contribution in [0.15, 0.2) is 48.5 Å². The standard InChI is InChI=1S/C24H31N3O2/c1-4-26(5-2)16-8-15-25-23(28)22-20-9-6-7-10-21(20)24(29)27(22)17-19-13-11-18(3)12-14-19/h6-7,9-14,22H,4-5,8,15-17H2,1-3H3,(H,25,28)/t22-/m1/s1. The molecule has 2 aromatic rings. The summed E-state index contributed by atoms with van der Waals surface area (Å²) in [5, 5.41) is 3.05. The fourth-order valence-corrected chi connectivity index (χ4v) is 3.86. The minimum atomic E-state index is -0.576. The molecule has 29 heavy (non-hydrogen) atoms. The topological polar surface area (TPSA) is 52.7 Å². The summed E-state index contributed by atoms with van der Waals surface area (Å²) in [6.45, 7) is 10.3. The molecule has 1 aliphatic rings. The van der Waals surface area contributed by atoms with E-state index >= 15 is 0 Å². The van der Waals surface area contributed by atoms with Gasteiger partial charge in [0, 0.05) is 18.7 Å². The van der Waals surface area contributed by atoms with Gasteiger partial charge in [0.25, 0.3) is 5.91 Å². The lowest BCUT2D eigenvalue weighted by molar-refractivity contribution is -0.125. The number of aryl methyl sites for hydroxylation is 1. The van der Waals surface area contributed by atoms with Crippen molar-refractivity contribution < 1.29 is 9.59 Å². The quantitative estimate of drug-likeness (QED) is 0.663. The second-order valence-corrected chi connectivity index (χ2v) is 7.58. The van der Waals surface area contributed by atoms with E-state index in [1.165, 1.54) is 5.56 Å². The van der Waals surface area contributed by atoms with Crippen molar-refractivity contribution in [1.82, 2.24) is 15.1 Å². The number of benzene rings is 2. The maximum Gasteiger partial charge on any atom is 0.255 e. The molecular formula is C24H31N3O2. The number of hydrogen-bond donors (Lipinski definition) is 1. The second kappa shape index (κ2) is 9.70. The lowest BCUT2D eigenvalue weighted by atomic mass is 10.0. The van der Waals surface area contributed by atoms with Gasteiger partial charge in [0.15, 0.2) is 0 Å². The van der Waals surface area contributed by atoms with E-state index in [4.69, 9.17) is 0 Å². The first-order chi connectivity index (χ1) is 14.0. The molecular weight excluding hydrogens is 362 g/mol. The summed E-state index contributed by atoms with van der Waals surface area (Å²) in [7, 11) is 0. The van der Waals surface area contributed by atoms with E-state index in [2.05, 4.69) is 24.1 Å². The number of carbonyl (C=O) groups excluding carboxylic acids is 2. The van der Waals surface area contributed by atoms with Crippen molar-refractivity contribution in [2.75, 3.05) is 26.2 Å². The van der Waals surface area contributed by atoms with Gasteiger partial charge >= 0.3 is 0 Å². The summed E-state index contributed by atoms with van der Waals surface area (Å²) in [6.07, 6.45) is 0.897. The summed E-state index contributed by atoms with van der Waals surface area (Å²) in [5.74, 6) is -0.181. The Morgan fingerprint density at radius 2 is 1.76 bits per heavy atom. The molecule has 0 aromatic heterocycles. The number of rotatable bonds is 9. The molecule has 0 spiro atoms. The van der Waals surface area contributed by atoms with Crippen LogP contribution in [0.2, 0.25) is 0 Å². The molecule has 1 atom stereocenters. The van der Waals surface area contributed by atoms with Crippen molar-refractivity contribution in [1.29, 1.82) is 0 Å². The lowest BCUT2D eigenvalue weighted by Crippen LogP contribution is -2.39. The maximum absolute atomic E-state index is 13.1. The van der Waals surface area contributed by atoms with E-state index in [9.17, 15) is 9.59 Å². The van der Waals surface area contributed by atoms with Crippen LogP contribution in [0.25, 0.3) is 0 Å². The molecule has 0 fully saturated rings. The van der Waals surface area contributed by atoms with Crippen LogP contribution in [-0.2, 0) is 11.3 Å². The van der Waals surface area contributed by atoms with Crippen molar-refractivity contribution in [3.05, 3.63) is 70.8 Å². The minimum Gasteiger partial charge on any atom is -0.354 e. The first-order valence-electron chi connectivity index (χ1n) is 10.5. The Morgan fingerprint density at radius 3 is 2.45 bits per heavy atom. The van der Waals surface area contributed by atoms with Crippen molar-refractivity contribution in [3.8, 4) is 0 Å². The normalized spacial score (nSPS) is 15.7. The Morgan fingerprint density at radius 1 is 1.07 bits per heavy atom. The van der Waals surface area contributed by atoms with Gasteiger partial charge in [0.1, 0.15) is 6.04 Å². The maximum atomic E-state index is 13.1. The van der Waals surface area contributed by atoms with Gasteiger partial charge in [0.2, 0.25) is 5.91 Å². The van der Waals surface area contributed by atoms with Crippen LogP contribution < -0.4 is 5.32 Å². The summed E-state index contributed by atoms with van der Waals surface area (Å²) < 4.78 is 0. The van der Waals surface area contributed by atoms with E-state index in [0.29, 0.717) is 18.7 Å². The van der Waals surface area contributed by atoms with E-state index in [0.717, 1.165) is 37.2 Å². The van der Waals surface area contributed by atoms with Crippen molar-refractivity contribution in [2.45, 2.75) is 39.8 Å². The highest BCUT2D eigenvalue weighted by Gasteiger charge is 2.40. The molecule has 3 rings (SSSR count). The number of amides is 2. The van der Waals surface area contributed by atoms with E-state index < -0.39 is 6.04 Å². The van der Waals surface area contributed by atoms with Gasteiger partial charge in [0.05, 0.1) is 0 Å². The molecule has 0 unspecified atom stereocenters. The number of nitrogens with zero attached hydrogens (tertiary/aromatic N) is 2. The fraction of sp³-hybridized carbons (Fsp3) is 0.417. The minimum absolute atomic E-state index is 0.0792. The molecule has 154 valence electrons. The second-order valence-electron chi connectivity index (χ2n) is 7.58. The Kier molecular flexibility index (Phi) is 7.04. The van der Waals surface area contributed by atoms with Crippen LogP contribution in [-0.4, -0.2) is 47.8 Å². The number of hydrogen-bond acceptors (Lipinski definition) is 3. The Hall–Kier alpha value is -2.66. The van der Waals surface area contributed by atoms with Gasteiger partial charge in [-0.25, -0.2) is 0 Å². The highest BCUT2D eigenvalue weighted by Crippen LogP contribution is 2.35. The third-order valence-electron chi connectivity index (χ3n) is 5.62. The molecule has 2 aromatic carbocycles. The van der Waals surface area contributed by atoms with E-state index in [1.807, 2.05) is 55.5 Å². The molecule has 1 aliphatic heterocycles. The Labute approximate surface area is 173 Å². The van der Waals surface area contributed by atoms with Crippen LogP contribution in [0, 0.1) is 6.92 Å². The summed E-state index contributed by atoms with van der Waals surface area (Å²) in [6, 6.07) is 15.0. The van der Waals surface area contributed by atoms with E-state index in [1.54, 1.807) is 4.90 Å². The average Bonchev–Trinajstić information content (AvgIpc) is 3.01. The molecule has 0 saturated carbocycles. The highest BCUT2D eigenvalue weighted by molar-refractivity contribution is 6.04. The average molecular weight is 394 g/mol. The van der Waals surface area contributed by atoms with Crippen LogP contribution >= 0.6 is 0 Å². The highest BCUT2D eigenvalue weighted by atomic mass is 16.2. The third-order valence-corrected chi connectivity index (χ3v) is 5.62. The smallest absolute Gasteiger partial charge is 0.255 e. The zero-order valence-corrected chi connectivity index (χ0v) is 17.6. The molecule has 0 radical (unpaired) electrons. The zero-order chi connectivity index (χ0) is 20.8. The molecule has 2 amide bonds. The Bertz CT molecular complexity index is 843. The number of fused-ring (bicyclic) bond motifs is 1. The lowest BCUT2D eigenvalue weighted by Gasteiger charge is -2.25. The van der Waals surface area contributed by atoms with Gasteiger partial charge in [-0.05, 0) is 50.2 Å². The number of nitrogens with one attached hydrogen (secondary N) is 1. The molecule has 1 N–H and O–H groups in total. The van der Waals surface area contributed by atoms with Gasteiger partial charge in [-0.2, -0.15) is 0 Å². The number of carbonyl (C=O) groups is 2. The van der Waals surface area contributed by atoms with Crippen LogP contribution in [0.5, 0.6) is 0 Å². The zero-order valence-electron chi connectivity index (χ0n) is 17.6. The van der Waals surface area contributed by atoms with Crippen molar-refractivity contribution in [3.63, 3.8) is 0 Å². The van der Waals surface area contributed by atoms with Crippen molar-refractivity contribution >= 4 is 11.8 Å². The molecule has 1 heterocycles. The van der Waals surface area contributed by atoms with Gasteiger partial charge in [-0.15, -0.1) is 0 Å². The first-order valence-corrected chi connectivity index (χ1v) is 10.5. The third kappa shape index (κ3) is 4.85.